The van der Waals surface area contributed by atoms with Gasteiger partial charge in [-0.1, -0.05) is 0 Å². The smallest absolute Gasteiger partial charge is 0.306 e. The topological polar surface area (TPSA) is 55.0 Å². The molecule has 0 aromatic carbocycles. The van der Waals surface area contributed by atoms with E-state index in [1.165, 1.54) is 0 Å². The van der Waals surface area contributed by atoms with Crippen molar-refractivity contribution in [2.75, 3.05) is 6.61 Å². The van der Waals surface area contributed by atoms with Crippen molar-refractivity contribution in [3.05, 3.63) is 13.2 Å². The Balaban J connectivity index is 2.45. The highest BCUT2D eigenvalue weighted by molar-refractivity contribution is 14.1. The fourth-order valence-corrected chi connectivity index (χ4v) is 2.66. The number of imidazole rings is 1. The molecule has 0 saturated heterocycles. The minimum atomic E-state index is -0.159. The fourth-order valence-electron chi connectivity index (χ4n) is 0.984. The lowest BCUT2D eigenvalue weighted by Gasteiger charge is -2.00. The zero-order valence-corrected chi connectivity index (χ0v) is 12.0. The number of aromatic amines is 1. The van der Waals surface area contributed by atoms with E-state index in [1.807, 2.05) is 0 Å². The fraction of sp³-hybridized carbons (Fsp3) is 0.500. The van der Waals surface area contributed by atoms with E-state index in [9.17, 15) is 4.79 Å². The number of nitrogens with one attached hydrogen (secondary N) is 1. The number of carbonyl (C=O) groups is 1. The molecule has 0 unspecified atom stereocenters. The van der Waals surface area contributed by atoms with Crippen LogP contribution in [-0.4, -0.2) is 22.5 Å². The summed E-state index contributed by atoms with van der Waals surface area (Å²) in [5.74, 6) is -0.159. The van der Waals surface area contributed by atoms with Crippen LogP contribution in [0.15, 0.2) is 0 Å². The van der Waals surface area contributed by atoms with Crippen LogP contribution in [0.4, 0.5) is 0 Å². The minimum Gasteiger partial charge on any atom is -0.466 e. The first-order valence-corrected chi connectivity index (χ1v) is 6.34. The highest BCUT2D eigenvalue weighted by Gasteiger charge is 2.08. The Bertz CT molecular complexity index is 325. The van der Waals surface area contributed by atoms with Gasteiger partial charge in [-0.3, -0.25) is 4.79 Å². The van der Waals surface area contributed by atoms with Crippen LogP contribution in [0.1, 0.15) is 19.0 Å². The van der Waals surface area contributed by atoms with Gasteiger partial charge in [0.15, 0.2) is 3.83 Å². The zero-order valence-electron chi connectivity index (χ0n) is 7.64. The van der Waals surface area contributed by atoms with Crippen molar-refractivity contribution in [1.82, 2.24) is 9.97 Å². The Morgan fingerprint density at radius 3 is 2.79 bits per heavy atom. The summed E-state index contributed by atoms with van der Waals surface area (Å²) in [4.78, 5) is 18.4. The number of aryl methyl sites for hydroxylation is 1. The van der Waals surface area contributed by atoms with Crippen LogP contribution in [0.5, 0.6) is 0 Å². The third-order valence-corrected chi connectivity index (χ3v) is 2.99. The summed E-state index contributed by atoms with van der Waals surface area (Å²) in [6.07, 6.45) is 1.06. The van der Waals surface area contributed by atoms with E-state index in [0.29, 0.717) is 19.4 Å². The molecule has 0 saturated carbocycles. The second kappa shape index (κ2) is 5.89. The summed E-state index contributed by atoms with van der Waals surface area (Å²) in [6.45, 7) is 2.25. The lowest BCUT2D eigenvalue weighted by molar-refractivity contribution is -0.143. The van der Waals surface area contributed by atoms with E-state index in [0.717, 1.165) is 13.2 Å². The van der Waals surface area contributed by atoms with Crippen molar-refractivity contribution < 1.29 is 9.53 Å². The number of halogens is 2. The summed E-state index contributed by atoms with van der Waals surface area (Å²) in [6, 6.07) is 0. The number of rotatable bonds is 4. The normalized spacial score (nSPS) is 10.2. The van der Waals surface area contributed by atoms with E-state index in [-0.39, 0.29) is 5.97 Å². The van der Waals surface area contributed by atoms with Crippen LogP contribution in [0, 0.1) is 7.53 Å². The number of aromatic nitrogens is 2. The van der Waals surface area contributed by atoms with Crippen LogP contribution in [0.25, 0.3) is 0 Å². The second-order valence-corrected chi connectivity index (χ2v) is 4.65. The molecular formula is C8H10I2N2O2. The van der Waals surface area contributed by atoms with E-state index in [4.69, 9.17) is 4.74 Å². The van der Waals surface area contributed by atoms with Gasteiger partial charge in [0.1, 0.15) is 3.70 Å². The summed E-state index contributed by atoms with van der Waals surface area (Å²) in [7, 11) is 0. The number of hydrogen-bond donors (Lipinski definition) is 1. The third kappa shape index (κ3) is 3.71. The van der Waals surface area contributed by atoms with Gasteiger partial charge in [0.2, 0.25) is 0 Å². The van der Waals surface area contributed by atoms with Gasteiger partial charge in [-0.2, -0.15) is 0 Å². The number of nitrogens with zero attached hydrogens (tertiary/aromatic N) is 1. The molecule has 78 valence electrons. The first-order valence-electron chi connectivity index (χ1n) is 4.19. The van der Waals surface area contributed by atoms with Gasteiger partial charge in [-0.15, -0.1) is 0 Å². The second-order valence-electron chi connectivity index (χ2n) is 2.60. The molecule has 0 radical (unpaired) electrons. The number of hydrogen-bond acceptors (Lipinski definition) is 3. The molecule has 0 atom stereocenters. The Morgan fingerprint density at radius 2 is 2.29 bits per heavy atom. The van der Waals surface area contributed by atoms with Crippen LogP contribution in [0.3, 0.4) is 0 Å². The third-order valence-electron chi connectivity index (χ3n) is 1.58. The molecule has 0 amide bonds. The van der Waals surface area contributed by atoms with E-state index in [1.54, 1.807) is 6.92 Å². The average molecular weight is 420 g/mol. The molecule has 1 aromatic heterocycles. The number of ether oxygens (including phenoxy) is 1. The van der Waals surface area contributed by atoms with Crippen molar-refractivity contribution in [2.24, 2.45) is 0 Å². The van der Waals surface area contributed by atoms with Gasteiger partial charge in [0, 0.05) is 12.1 Å². The predicted octanol–water partition coefficient (Wildman–Crippen LogP) is 2.11. The Morgan fingerprint density at radius 1 is 1.57 bits per heavy atom. The first kappa shape index (κ1) is 12.2. The molecule has 6 heteroatoms. The standard InChI is InChI=1S/C8H10I2N2O2/c1-2-14-6(13)4-3-5-7(9)12-8(10)11-5/h2-4H2,1H3,(H,11,12). The molecule has 0 aliphatic carbocycles. The lowest BCUT2D eigenvalue weighted by Crippen LogP contribution is -2.05. The van der Waals surface area contributed by atoms with Gasteiger partial charge in [-0.05, 0) is 52.1 Å². The van der Waals surface area contributed by atoms with Gasteiger partial charge in [0.05, 0.1) is 13.0 Å². The van der Waals surface area contributed by atoms with E-state index in [2.05, 4.69) is 55.1 Å². The molecule has 0 aliphatic heterocycles. The molecule has 0 bridgehead atoms. The van der Waals surface area contributed by atoms with Crippen LogP contribution in [-0.2, 0) is 16.0 Å². The van der Waals surface area contributed by atoms with Crippen LogP contribution in [0.2, 0.25) is 0 Å². The quantitative estimate of drug-likeness (QED) is 0.600. The minimum absolute atomic E-state index is 0.159. The number of esters is 1. The van der Waals surface area contributed by atoms with Crippen molar-refractivity contribution in [3.8, 4) is 0 Å². The van der Waals surface area contributed by atoms with Crippen molar-refractivity contribution in [3.63, 3.8) is 0 Å². The van der Waals surface area contributed by atoms with Gasteiger partial charge in [-0.25, -0.2) is 4.98 Å². The molecule has 1 heterocycles. The van der Waals surface area contributed by atoms with E-state index >= 15 is 0 Å². The Hall–Kier alpha value is 0.140. The molecule has 4 nitrogen and oxygen atoms in total. The summed E-state index contributed by atoms with van der Waals surface area (Å²) < 4.78 is 6.61. The molecule has 0 fully saturated rings. The van der Waals surface area contributed by atoms with Crippen LogP contribution < -0.4 is 0 Å². The number of H-pyrrole nitrogens is 1. The Kier molecular flexibility index (Phi) is 5.13. The molecular weight excluding hydrogens is 410 g/mol. The van der Waals surface area contributed by atoms with Crippen LogP contribution >= 0.6 is 45.2 Å². The molecule has 0 aliphatic rings. The summed E-state index contributed by atoms with van der Waals surface area (Å²) in [5.41, 5.74) is 1.00. The molecule has 14 heavy (non-hydrogen) atoms. The maximum absolute atomic E-state index is 11.1. The van der Waals surface area contributed by atoms with Gasteiger partial charge in [0.25, 0.3) is 0 Å². The average Bonchev–Trinajstić information content (AvgIpc) is 2.42. The Labute approximate surface area is 109 Å². The van der Waals surface area contributed by atoms with Crippen molar-refractivity contribution in [2.45, 2.75) is 19.8 Å². The summed E-state index contributed by atoms with van der Waals surface area (Å²) >= 11 is 4.26. The lowest BCUT2D eigenvalue weighted by atomic mass is 10.2. The molecule has 0 spiro atoms. The molecule has 1 N–H and O–H groups in total. The summed E-state index contributed by atoms with van der Waals surface area (Å²) in [5, 5.41) is 0. The zero-order chi connectivity index (χ0) is 10.6. The number of carbonyl (C=O) groups excluding carboxylic acids is 1. The highest BCUT2D eigenvalue weighted by Crippen LogP contribution is 2.12. The molecule has 1 rings (SSSR count). The predicted molar refractivity (Wildman–Crippen MR) is 69.0 cm³/mol. The monoisotopic (exact) mass is 420 g/mol. The largest absolute Gasteiger partial charge is 0.466 e. The van der Waals surface area contributed by atoms with Gasteiger partial charge >= 0.3 is 5.97 Å². The SMILES string of the molecule is CCOC(=O)CCc1[nH]c(I)nc1I. The maximum Gasteiger partial charge on any atom is 0.306 e. The van der Waals surface area contributed by atoms with Crippen molar-refractivity contribution >= 4 is 51.2 Å². The first-order chi connectivity index (χ1) is 6.63. The molecule has 1 aromatic rings. The highest BCUT2D eigenvalue weighted by atomic mass is 127. The maximum atomic E-state index is 11.1. The van der Waals surface area contributed by atoms with Crippen molar-refractivity contribution in [1.29, 1.82) is 0 Å². The van der Waals surface area contributed by atoms with E-state index < -0.39 is 0 Å². The van der Waals surface area contributed by atoms with Gasteiger partial charge < -0.3 is 9.72 Å².